The zero-order chi connectivity index (χ0) is 14.8. The summed E-state index contributed by atoms with van der Waals surface area (Å²) in [7, 11) is -4.23. The number of alkyl halides is 3. The Morgan fingerprint density at radius 3 is 2.11 bits per heavy atom. The smallest absolute Gasteiger partial charge is 0.390 e. The lowest BCUT2D eigenvalue weighted by atomic mass is 10.3. The number of benzene rings is 1. The summed E-state index contributed by atoms with van der Waals surface area (Å²) in [6, 6.07) is 2.29. The number of halogens is 5. The summed E-state index contributed by atoms with van der Waals surface area (Å²) in [5.74, 6) is 0. The van der Waals surface area contributed by atoms with Crippen molar-refractivity contribution in [3.63, 3.8) is 0 Å². The molecular formula is C9H9Cl2F3N2O2S. The molecule has 108 valence electrons. The van der Waals surface area contributed by atoms with Crippen LogP contribution in [-0.2, 0) is 10.0 Å². The van der Waals surface area contributed by atoms with E-state index in [2.05, 4.69) is 0 Å². The molecule has 0 aliphatic heterocycles. The van der Waals surface area contributed by atoms with E-state index < -0.39 is 34.1 Å². The van der Waals surface area contributed by atoms with Gasteiger partial charge in [0.1, 0.15) is 4.90 Å². The van der Waals surface area contributed by atoms with Gasteiger partial charge in [-0.1, -0.05) is 23.2 Å². The van der Waals surface area contributed by atoms with Gasteiger partial charge in [0, 0.05) is 12.2 Å². The molecule has 0 saturated heterocycles. The van der Waals surface area contributed by atoms with E-state index in [0.717, 1.165) is 12.1 Å². The largest absolute Gasteiger partial charge is 0.399 e. The monoisotopic (exact) mass is 336 g/mol. The highest BCUT2D eigenvalue weighted by molar-refractivity contribution is 7.89. The molecule has 0 aliphatic carbocycles. The first-order valence-corrected chi connectivity index (χ1v) is 7.08. The van der Waals surface area contributed by atoms with E-state index >= 15 is 0 Å². The number of hydrogen-bond donors (Lipinski definition) is 2. The van der Waals surface area contributed by atoms with Gasteiger partial charge in [0.2, 0.25) is 10.0 Å². The molecule has 0 amide bonds. The molecule has 0 saturated carbocycles. The zero-order valence-corrected chi connectivity index (χ0v) is 11.6. The van der Waals surface area contributed by atoms with Gasteiger partial charge >= 0.3 is 6.18 Å². The van der Waals surface area contributed by atoms with Gasteiger partial charge < -0.3 is 5.73 Å². The van der Waals surface area contributed by atoms with Gasteiger partial charge in [-0.2, -0.15) is 13.2 Å². The first-order chi connectivity index (χ1) is 8.53. The minimum absolute atomic E-state index is 0.143. The van der Waals surface area contributed by atoms with E-state index in [-0.39, 0.29) is 15.7 Å². The van der Waals surface area contributed by atoms with Crippen molar-refractivity contribution in [3.8, 4) is 0 Å². The molecule has 19 heavy (non-hydrogen) atoms. The summed E-state index contributed by atoms with van der Waals surface area (Å²) in [6.07, 6.45) is -5.76. The Morgan fingerprint density at radius 1 is 1.21 bits per heavy atom. The predicted molar refractivity (Wildman–Crippen MR) is 66.7 cm³/mol. The molecule has 0 fully saturated rings. The first-order valence-electron chi connectivity index (χ1n) is 4.84. The van der Waals surface area contributed by atoms with Gasteiger partial charge in [-0.05, 0) is 12.1 Å². The average Bonchev–Trinajstić information content (AvgIpc) is 2.11. The number of nitrogens with two attached hydrogens (primary N) is 1. The van der Waals surface area contributed by atoms with E-state index in [1.165, 1.54) is 0 Å². The molecule has 3 N–H and O–H groups in total. The summed E-state index contributed by atoms with van der Waals surface area (Å²) in [5, 5.41) is -0.519. The van der Waals surface area contributed by atoms with E-state index in [9.17, 15) is 21.6 Å². The van der Waals surface area contributed by atoms with Crippen LogP contribution in [0.3, 0.4) is 0 Å². The highest BCUT2D eigenvalue weighted by atomic mass is 35.5. The number of sulfonamides is 1. The fraction of sp³-hybridized carbons (Fsp3) is 0.333. The third-order valence-corrected chi connectivity index (χ3v) is 4.37. The minimum atomic E-state index is -4.46. The number of hydrogen-bond acceptors (Lipinski definition) is 3. The van der Waals surface area contributed by atoms with Crippen molar-refractivity contribution in [2.75, 3.05) is 12.3 Å². The van der Waals surface area contributed by atoms with E-state index in [1.807, 2.05) is 0 Å². The van der Waals surface area contributed by atoms with Crippen molar-refractivity contribution in [1.29, 1.82) is 0 Å². The fourth-order valence-electron chi connectivity index (χ4n) is 1.24. The Hall–Kier alpha value is -0.700. The van der Waals surface area contributed by atoms with Gasteiger partial charge in [0.15, 0.2) is 0 Å². The molecular weight excluding hydrogens is 328 g/mol. The Labute approximate surface area is 117 Å². The molecule has 0 spiro atoms. The fourth-order valence-corrected chi connectivity index (χ4v) is 3.50. The summed E-state index contributed by atoms with van der Waals surface area (Å²) < 4.78 is 61.2. The lowest BCUT2D eigenvalue weighted by Gasteiger charge is -2.11. The van der Waals surface area contributed by atoms with E-state index in [4.69, 9.17) is 28.9 Å². The van der Waals surface area contributed by atoms with Crippen molar-refractivity contribution in [1.82, 2.24) is 4.72 Å². The van der Waals surface area contributed by atoms with Crippen LogP contribution >= 0.6 is 23.2 Å². The van der Waals surface area contributed by atoms with Crippen LogP contribution in [-0.4, -0.2) is 21.1 Å². The topological polar surface area (TPSA) is 72.2 Å². The molecule has 0 heterocycles. The second-order valence-electron chi connectivity index (χ2n) is 3.58. The molecule has 10 heteroatoms. The van der Waals surface area contributed by atoms with Gasteiger partial charge in [-0.3, -0.25) is 0 Å². The molecule has 0 aromatic heterocycles. The van der Waals surface area contributed by atoms with Crippen LogP contribution in [0.5, 0.6) is 0 Å². The number of nitrogen functional groups attached to an aromatic ring is 1. The second-order valence-corrected chi connectivity index (χ2v) is 6.09. The molecule has 0 atom stereocenters. The summed E-state index contributed by atoms with van der Waals surface area (Å²) >= 11 is 11.4. The Morgan fingerprint density at radius 2 is 1.68 bits per heavy atom. The van der Waals surface area contributed by atoms with Crippen LogP contribution in [0.1, 0.15) is 6.42 Å². The molecule has 0 unspecified atom stereocenters. The van der Waals surface area contributed by atoms with Gasteiger partial charge in [0.05, 0.1) is 16.5 Å². The Balaban J connectivity index is 2.96. The van der Waals surface area contributed by atoms with Crippen molar-refractivity contribution >= 4 is 38.9 Å². The maximum Gasteiger partial charge on any atom is 0.390 e. The van der Waals surface area contributed by atoms with Crippen molar-refractivity contribution < 1.29 is 21.6 Å². The summed E-state index contributed by atoms with van der Waals surface area (Å²) in [6.45, 7) is -0.803. The molecule has 0 bridgehead atoms. The molecule has 4 nitrogen and oxygen atoms in total. The SMILES string of the molecule is Nc1cc(Cl)c(S(=O)(=O)NCCC(F)(F)F)c(Cl)c1. The number of nitrogens with one attached hydrogen (secondary N) is 1. The maximum atomic E-state index is 11.9. The number of anilines is 1. The van der Waals surface area contributed by atoms with Crippen molar-refractivity contribution in [3.05, 3.63) is 22.2 Å². The highest BCUT2D eigenvalue weighted by Gasteiger charge is 2.28. The highest BCUT2D eigenvalue weighted by Crippen LogP contribution is 2.31. The van der Waals surface area contributed by atoms with Crippen molar-refractivity contribution in [2.45, 2.75) is 17.5 Å². The van der Waals surface area contributed by atoms with Gasteiger partial charge in [0.25, 0.3) is 0 Å². The standard InChI is InChI=1S/C9H9Cl2F3N2O2S/c10-6-3-5(15)4-7(11)8(6)19(17,18)16-2-1-9(12,13)14/h3-4,16H,1-2,15H2. The molecule has 0 radical (unpaired) electrons. The lowest BCUT2D eigenvalue weighted by Crippen LogP contribution is -2.28. The Bertz CT molecular complexity index is 552. The van der Waals surface area contributed by atoms with E-state index in [0.29, 0.717) is 0 Å². The van der Waals surface area contributed by atoms with Crippen molar-refractivity contribution in [2.24, 2.45) is 0 Å². The molecule has 0 aliphatic rings. The average molecular weight is 337 g/mol. The normalized spacial score (nSPS) is 12.7. The predicted octanol–water partition coefficient (Wildman–Crippen LogP) is 2.81. The van der Waals surface area contributed by atoms with Gasteiger partial charge in [-0.15, -0.1) is 0 Å². The van der Waals surface area contributed by atoms with Gasteiger partial charge in [-0.25, -0.2) is 13.1 Å². The first kappa shape index (κ1) is 16.4. The van der Waals surface area contributed by atoms with Crippen LogP contribution < -0.4 is 10.5 Å². The molecule has 1 aromatic carbocycles. The van der Waals surface area contributed by atoms with Crippen LogP contribution in [0.15, 0.2) is 17.0 Å². The Kier molecular flexibility index (Phi) is 4.94. The summed E-state index contributed by atoms with van der Waals surface area (Å²) in [4.78, 5) is -0.493. The third kappa shape index (κ3) is 4.72. The van der Waals surface area contributed by atoms with E-state index in [1.54, 1.807) is 4.72 Å². The third-order valence-electron chi connectivity index (χ3n) is 1.99. The lowest BCUT2D eigenvalue weighted by molar-refractivity contribution is -0.132. The van der Waals surface area contributed by atoms with Crippen LogP contribution in [0.25, 0.3) is 0 Å². The maximum absolute atomic E-state index is 11.9. The number of rotatable bonds is 4. The zero-order valence-electron chi connectivity index (χ0n) is 9.26. The summed E-state index contributed by atoms with van der Waals surface area (Å²) in [5.41, 5.74) is 5.54. The van der Waals surface area contributed by atoms with Crippen LogP contribution in [0.2, 0.25) is 10.0 Å². The molecule has 1 aromatic rings. The minimum Gasteiger partial charge on any atom is -0.399 e. The second kappa shape index (κ2) is 5.74. The quantitative estimate of drug-likeness (QED) is 0.830. The molecule has 1 rings (SSSR count). The van der Waals surface area contributed by atoms with Crippen LogP contribution in [0.4, 0.5) is 18.9 Å². The van der Waals surface area contributed by atoms with Crippen LogP contribution in [0, 0.1) is 0 Å².